The lowest BCUT2D eigenvalue weighted by Crippen LogP contribution is -2.45. The number of anilines is 1. The summed E-state index contributed by atoms with van der Waals surface area (Å²) in [4.78, 5) is 37.7. The molecule has 2 N–H and O–H groups in total. The minimum atomic E-state index is -1.04. The zero-order chi connectivity index (χ0) is 21.3. The van der Waals surface area contributed by atoms with Crippen molar-refractivity contribution in [1.82, 2.24) is 4.90 Å². The molecule has 0 aliphatic heterocycles. The SMILES string of the molecule is CCCC(CCC)C(=O)Nc1cccc(C(=O)CCN(C(=O)O)C(C)(C)C)c1. The second kappa shape index (κ2) is 10.8. The Hall–Kier alpha value is -2.37. The summed E-state index contributed by atoms with van der Waals surface area (Å²) in [6, 6.07) is 6.85. The monoisotopic (exact) mass is 390 g/mol. The molecule has 0 aliphatic carbocycles. The molecule has 0 bridgehead atoms. The number of hydrogen-bond donors (Lipinski definition) is 2. The van der Waals surface area contributed by atoms with Crippen molar-refractivity contribution in [2.75, 3.05) is 11.9 Å². The van der Waals surface area contributed by atoms with Gasteiger partial charge in [-0.25, -0.2) is 4.79 Å². The Morgan fingerprint density at radius 2 is 1.71 bits per heavy atom. The summed E-state index contributed by atoms with van der Waals surface area (Å²) in [5.74, 6) is -0.186. The number of carboxylic acid groups (broad SMARTS) is 1. The van der Waals surface area contributed by atoms with Crippen molar-refractivity contribution in [3.05, 3.63) is 29.8 Å². The van der Waals surface area contributed by atoms with Gasteiger partial charge in [-0.3, -0.25) is 9.59 Å². The molecule has 0 aliphatic rings. The van der Waals surface area contributed by atoms with E-state index in [0.717, 1.165) is 25.7 Å². The molecule has 6 heteroatoms. The van der Waals surface area contributed by atoms with Gasteiger partial charge in [0.2, 0.25) is 5.91 Å². The number of nitrogens with zero attached hydrogens (tertiary/aromatic N) is 1. The maximum Gasteiger partial charge on any atom is 0.407 e. The summed E-state index contributed by atoms with van der Waals surface area (Å²) in [5, 5.41) is 12.3. The van der Waals surface area contributed by atoms with Gasteiger partial charge in [-0.2, -0.15) is 0 Å². The predicted molar refractivity (Wildman–Crippen MR) is 112 cm³/mol. The van der Waals surface area contributed by atoms with E-state index in [-0.39, 0.29) is 30.6 Å². The maximum absolute atomic E-state index is 12.5. The lowest BCUT2D eigenvalue weighted by molar-refractivity contribution is -0.120. The number of benzene rings is 1. The number of rotatable bonds is 10. The van der Waals surface area contributed by atoms with Crippen molar-refractivity contribution in [3.8, 4) is 0 Å². The Balaban J connectivity index is 2.80. The normalized spacial score (nSPS) is 11.4. The lowest BCUT2D eigenvalue weighted by atomic mass is 9.97. The van der Waals surface area contributed by atoms with Crippen LogP contribution in [0.25, 0.3) is 0 Å². The largest absolute Gasteiger partial charge is 0.465 e. The van der Waals surface area contributed by atoms with Crippen molar-refractivity contribution < 1.29 is 19.5 Å². The Labute approximate surface area is 168 Å². The minimum absolute atomic E-state index is 0.0157. The second-order valence-electron chi connectivity index (χ2n) is 8.12. The van der Waals surface area contributed by atoms with Crippen LogP contribution in [-0.2, 0) is 4.79 Å². The van der Waals surface area contributed by atoms with Gasteiger partial charge in [0.15, 0.2) is 5.78 Å². The van der Waals surface area contributed by atoms with Crippen LogP contribution < -0.4 is 5.32 Å². The van der Waals surface area contributed by atoms with Crippen LogP contribution >= 0.6 is 0 Å². The van der Waals surface area contributed by atoms with E-state index >= 15 is 0 Å². The number of carbonyl (C=O) groups is 3. The van der Waals surface area contributed by atoms with Gasteiger partial charge in [-0.15, -0.1) is 0 Å². The lowest BCUT2D eigenvalue weighted by Gasteiger charge is -2.32. The third-order valence-corrected chi connectivity index (χ3v) is 4.70. The second-order valence-corrected chi connectivity index (χ2v) is 8.12. The van der Waals surface area contributed by atoms with Gasteiger partial charge >= 0.3 is 6.09 Å². The third-order valence-electron chi connectivity index (χ3n) is 4.70. The van der Waals surface area contributed by atoms with E-state index in [1.54, 1.807) is 45.0 Å². The molecule has 2 amide bonds. The highest BCUT2D eigenvalue weighted by Gasteiger charge is 2.26. The fourth-order valence-corrected chi connectivity index (χ4v) is 3.19. The fraction of sp³-hybridized carbons (Fsp3) is 0.591. The van der Waals surface area contributed by atoms with Crippen molar-refractivity contribution in [2.45, 2.75) is 72.3 Å². The average molecular weight is 391 g/mol. The Morgan fingerprint density at radius 1 is 1.11 bits per heavy atom. The van der Waals surface area contributed by atoms with E-state index in [1.807, 2.05) is 0 Å². The number of Topliss-reactive ketones (excluding diaryl/α,β-unsaturated/α-hetero) is 1. The van der Waals surface area contributed by atoms with Gasteiger partial charge in [0, 0.05) is 35.7 Å². The molecule has 0 saturated heterocycles. The van der Waals surface area contributed by atoms with Gasteiger partial charge in [-0.1, -0.05) is 38.8 Å². The molecule has 0 saturated carbocycles. The van der Waals surface area contributed by atoms with Gasteiger partial charge < -0.3 is 15.3 Å². The minimum Gasteiger partial charge on any atom is -0.465 e. The van der Waals surface area contributed by atoms with E-state index in [4.69, 9.17) is 0 Å². The average Bonchev–Trinajstić information content (AvgIpc) is 2.60. The summed E-state index contributed by atoms with van der Waals surface area (Å²) in [7, 11) is 0. The third kappa shape index (κ3) is 7.33. The molecule has 0 unspecified atom stereocenters. The van der Waals surface area contributed by atoms with Crippen molar-refractivity contribution >= 4 is 23.5 Å². The van der Waals surface area contributed by atoms with Crippen LogP contribution in [0.3, 0.4) is 0 Å². The zero-order valence-corrected chi connectivity index (χ0v) is 17.7. The zero-order valence-electron chi connectivity index (χ0n) is 17.7. The van der Waals surface area contributed by atoms with Crippen LogP contribution in [0, 0.1) is 5.92 Å². The molecule has 0 radical (unpaired) electrons. The van der Waals surface area contributed by atoms with Crippen LogP contribution in [0.1, 0.15) is 77.1 Å². The maximum atomic E-state index is 12.5. The van der Waals surface area contributed by atoms with Crippen LogP contribution in [-0.4, -0.2) is 39.9 Å². The molecule has 0 atom stereocenters. The number of ketones is 1. The molecule has 0 fully saturated rings. The fourth-order valence-electron chi connectivity index (χ4n) is 3.19. The highest BCUT2D eigenvalue weighted by atomic mass is 16.4. The molecule has 1 rings (SSSR count). The first-order valence-electron chi connectivity index (χ1n) is 10.0. The van der Waals surface area contributed by atoms with Crippen molar-refractivity contribution in [1.29, 1.82) is 0 Å². The molecule has 156 valence electrons. The van der Waals surface area contributed by atoms with E-state index in [0.29, 0.717) is 11.3 Å². The topological polar surface area (TPSA) is 86.7 Å². The summed E-state index contributed by atoms with van der Waals surface area (Å²) < 4.78 is 0. The molecule has 0 heterocycles. The number of hydrogen-bond acceptors (Lipinski definition) is 3. The van der Waals surface area contributed by atoms with Crippen LogP contribution in [0.15, 0.2) is 24.3 Å². The first kappa shape index (κ1) is 23.7. The molecule has 1 aromatic carbocycles. The summed E-state index contributed by atoms with van der Waals surface area (Å²) in [5.41, 5.74) is 0.494. The Morgan fingerprint density at radius 3 is 2.21 bits per heavy atom. The summed E-state index contributed by atoms with van der Waals surface area (Å²) >= 11 is 0. The van der Waals surface area contributed by atoms with E-state index < -0.39 is 11.6 Å². The van der Waals surface area contributed by atoms with Crippen LogP contribution in [0.5, 0.6) is 0 Å². The van der Waals surface area contributed by atoms with Gasteiger partial charge in [0.05, 0.1) is 0 Å². The van der Waals surface area contributed by atoms with Gasteiger partial charge in [-0.05, 0) is 45.7 Å². The number of amides is 2. The summed E-state index contributed by atoms with van der Waals surface area (Å²) in [6.07, 6.45) is 2.63. The highest BCUT2D eigenvalue weighted by molar-refractivity contribution is 5.99. The van der Waals surface area contributed by atoms with Crippen LogP contribution in [0.4, 0.5) is 10.5 Å². The van der Waals surface area contributed by atoms with Crippen molar-refractivity contribution in [2.24, 2.45) is 5.92 Å². The molecule has 0 aromatic heterocycles. The van der Waals surface area contributed by atoms with Crippen molar-refractivity contribution in [3.63, 3.8) is 0 Å². The predicted octanol–water partition coefficient (Wildman–Crippen LogP) is 5.19. The van der Waals surface area contributed by atoms with E-state index in [9.17, 15) is 19.5 Å². The first-order valence-corrected chi connectivity index (χ1v) is 10.0. The highest BCUT2D eigenvalue weighted by Crippen LogP contribution is 2.19. The standard InChI is InChI=1S/C22H34N2O4/c1-6-9-16(10-7-2)20(26)23-18-12-8-11-17(15-18)19(25)13-14-24(21(27)28)22(3,4)5/h8,11-12,15-16H,6-7,9-10,13-14H2,1-5H3,(H,23,26)(H,27,28). The first-order chi connectivity index (χ1) is 13.1. The number of nitrogens with one attached hydrogen (secondary N) is 1. The molecule has 6 nitrogen and oxygen atoms in total. The molecule has 1 aromatic rings. The molecular weight excluding hydrogens is 356 g/mol. The van der Waals surface area contributed by atoms with Gasteiger partial charge in [0.1, 0.15) is 0 Å². The smallest absolute Gasteiger partial charge is 0.407 e. The number of carbonyl (C=O) groups excluding carboxylic acids is 2. The quantitative estimate of drug-likeness (QED) is 0.538. The molecular formula is C22H34N2O4. The molecule has 0 spiro atoms. The van der Waals surface area contributed by atoms with E-state index in [1.165, 1.54) is 4.90 Å². The Kier molecular flexibility index (Phi) is 9.16. The van der Waals surface area contributed by atoms with Crippen LogP contribution in [0.2, 0.25) is 0 Å². The van der Waals surface area contributed by atoms with E-state index in [2.05, 4.69) is 19.2 Å². The molecule has 28 heavy (non-hydrogen) atoms. The Bertz CT molecular complexity index is 673. The summed E-state index contributed by atoms with van der Waals surface area (Å²) in [6.45, 7) is 9.64. The van der Waals surface area contributed by atoms with Gasteiger partial charge in [0.25, 0.3) is 0 Å².